The summed E-state index contributed by atoms with van der Waals surface area (Å²) in [6.45, 7) is 2.37. The van der Waals surface area contributed by atoms with Crippen LogP contribution in [0.2, 0.25) is 0 Å². The van der Waals surface area contributed by atoms with E-state index in [1.165, 1.54) is 6.33 Å². The van der Waals surface area contributed by atoms with E-state index in [2.05, 4.69) is 30.8 Å². The molecule has 1 saturated heterocycles. The van der Waals surface area contributed by atoms with Gasteiger partial charge in [0.25, 0.3) is 5.91 Å². The third-order valence-corrected chi connectivity index (χ3v) is 5.37. The first-order valence-corrected chi connectivity index (χ1v) is 9.68. The number of amides is 1. The molecule has 0 saturated carbocycles. The van der Waals surface area contributed by atoms with Gasteiger partial charge in [-0.2, -0.15) is 5.10 Å². The minimum absolute atomic E-state index is 0.0855. The van der Waals surface area contributed by atoms with Crippen molar-refractivity contribution in [3.8, 4) is 0 Å². The van der Waals surface area contributed by atoms with Gasteiger partial charge in [-0.05, 0) is 25.5 Å². The quantitative estimate of drug-likeness (QED) is 0.581. The Labute approximate surface area is 170 Å². The van der Waals surface area contributed by atoms with Gasteiger partial charge in [0.1, 0.15) is 29.5 Å². The number of allylic oxidation sites excluding steroid dienone is 3. The number of halogens is 2. The number of aliphatic hydroxyl groups is 1. The topological polar surface area (TPSA) is 125 Å². The average Bonchev–Trinajstić information content (AvgIpc) is 3.17. The number of hydrogen-bond donors (Lipinski definition) is 4. The van der Waals surface area contributed by atoms with E-state index in [-0.39, 0.29) is 24.4 Å². The predicted molar refractivity (Wildman–Crippen MR) is 104 cm³/mol. The molecule has 1 amide bonds. The van der Waals surface area contributed by atoms with Crippen LogP contribution in [0.15, 0.2) is 30.1 Å². The SMILES string of the molecule is C[C@@H](NC(=O)c1[nH]nc2ncnc(N[C@@H]3COCC[C@H]3O)c12)C1CC(F)=CC=C1F. The molecule has 4 N–H and O–H groups in total. The van der Waals surface area contributed by atoms with Crippen LogP contribution >= 0.6 is 0 Å². The van der Waals surface area contributed by atoms with Gasteiger partial charge in [0.15, 0.2) is 5.65 Å². The van der Waals surface area contributed by atoms with Crippen LogP contribution in [0, 0.1) is 5.92 Å². The van der Waals surface area contributed by atoms with Crippen molar-refractivity contribution in [2.75, 3.05) is 18.5 Å². The molecular formula is C19H22F2N6O3. The summed E-state index contributed by atoms with van der Waals surface area (Å²) in [6.07, 6.45) is 3.18. The molecule has 3 heterocycles. The highest BCUT2D eigenvalue weighted by atomic mass is 19.1. The number of rotatable bonds is 5. The Balaban J connectivity index is 1.56. The summed E-state index contributed by atoms with van der Waals surface area (Å²) in [4.78, 5) is 21.1. The number of aromatic amines is 1. The number of anilines is 1. The maximum atomic E-state index is 14.1. The number of aliphatic hydroxyl groups excluding tert-OH is 1. The third kappa shape index (κ3) is 4.03. The molecule has 4 atom stereocenters. The van der Waals surface area contributed by atoms with Crippen LogP contribution in [-0.2, 0) is 4.74 Å². The Morgan fingerprint density at radius 3 is 3.00 bits per heavy atom. The summed E-state index contributed by atoms with van der Waals surface area (Å²) in [7, 11) is 0. The van der Waals surface area contributed by atoms with Gasteiger partial charge in [-0.3, -0.25) is 9.89 Å². The van der Waals surface area contributed by atoms with Crippen LogP contribution in [0.25, 0.3) is 11.0 Å². The van der Waals surface area contributed by atoms with Crippen LogP contribution in [0.3, 0.4) is 0 Å². The van der Waals surface area contributed by atoms with E-state index in [1.807, 2.05) is 0 Å². The molecule has 1 unspecified atom stereocenters. The second-order valence-electron chi connectivity index (χ2n) is 7.44. The number of H-pyrrole nitrogens is 1. The zero-order valence-electron chi connectivity index (χ0n) is 16.2. The van der Waals surface area contributed by atoms with Gasteiger partial charge in [0.05, 0.1) is 24.1 Å². The summed E-state index contributed by atoms with van der Waals surface area (Å²) in [5.74, 6) is -1.96. The highest BCUT2D eigenvalue weighted by molar-refractivity contribution is 6.07. The van der Waals surface area contributed by atoms with Gasteiger partial charge in [-0.15, -0.1) is 0 Å². The van der Waals surface area contributed by atoms with Crippen LogP contribution in [-0.4, -0.2) is 62.6 Å². The number of nitrogens with zero attached hydrogens (tertiary/aromatic N) is 3. The lowest BCUT2D eigenvalue weighted by Crippen LogP contribution is -2.42. The zero-order valence-corrected chi connectivity index (χ0v) is 16.2. The van der Waals surface area contributed by atoms with Crippen LogP contribution in [0.5, 0.6) is 0 Å². The number of nitrogens with one attached hydrogen (secondary N) is 3. The van der Waals surface area contributed by atoms with E-state index >= 15 is 0 Å². The first-order valence-electron chi connectivity index (χ1n) is 9.68. The summed E-state index contributed by atoms with van der Waals surface area (Å²) in [6, 6.07) is -1.07. The summed E-state index contributed by atoms with van der Waals surface area (Å²) < 4.78 is 33.0. The van der Waals surface area contributed by atoms with Crippen molar-refractivity contribution in [1.29, 1.82) is 0 Å². The fourth-order valence-electron chi connectivity index (χ4n) is 3.63. The molecule has 1 aliphatic heterocycles. The minimum atomic E-state index is -0.795. The van der Waals surface area contributed by atoms with Crippen molar-refractivity contribution >= 4 is 22.8 Å². The van der Waals surface area contributed by atoms with Crippen molar-refractivity contribution in [3.05, 3.63) is 35.8 Å². The zero-order chi connectivity index (χ0) is 21.3. The summed E-state index contributed by atoms with van der Waals surface area (Å²) in [5.41, 5.74) is 0.344. The predicted octanol–water partition coefficient (Wildman–Crippen LogP) is 1.76. The molecule has 0 radical (unpaired) electrons. The second-order valence-corrected chi connectivity index (χ2v) is 7.44. The minimum Gasteiger partial charge on any atom is -0.391 e. The highest BCUT2D eigenvalue weighted by Crippen LogP contribution is 2.30. The van der Waals surface area contributed by atoms with Crippen molar-refractivity contribution in [2.45, 2.75) is 38.0 Å². The monoisotopic (exact) mass is 420 g/mol. The fraction of sp³-hybridized carbons (Fsp3) is 0.474. The lowest BCUT2D eigenvalue weighted by Gasteiger charge is -2.29. The molecule has 0 aromatic carbocycles. The van der Waals surface area contributed by atoms with E-state index in [0.717, 1.165) is 12.2 Å². The molecule has 160 valence electrons. The Kier molecular flexibility index (Phi) is 5.73. The maximum Gasteiger partial charge on any atom is 0.270 e. The lowest BCUT2D eigenvalue weighted by atomic mass is 9.91. The Bertz CT molecular complexity index is 1010. The first kappa shape index (κ1) is 20.4. The first-order chi connectivity index (χ1) is 14.4. The molecule has 11 heteroatoms. The van der Waals surface area contributed by atoms with Crippen LogP contribution in [0.1, 0.15) is 30.3 Å². The fourth-order valence-corrected chi connectivity index (χ4v) is 3.63. The number of fused-ring (bicyclic) bond motifs is 1. The van der Waals surface area contributed by atoms with Crippen LogP contribution in [0.4, 0.5) is 14.6 Å². The van der Waals surface area contributed by atoms with Crippen molar-refractivity contribution < 1.29 is 23.4 Å². The largest absolute Gasteiger partial charge is 0.391 e. The van der Waals surface area contributed by atoms with Gasteiger partial charge in [-0.25, -0.2) is 18.7 Å². The van der Waals surface area contributed by atoms with Crippen molar-refractivity contribution in [3.63, 3.8) is 0 Å². The van der Waals surface area contributed by atoms with Crippen LogP contribution < -0.4 is 10.6 Å². The molecule has 1 fully saturated rings. The Hall–Kier alpha value is -2.92. The molecule has 30 heavy (non-hydrogen) atoms. The summed E-state index contributed by atoms with van der Waals surface area (Å²) >= 11 is 0. The van der Waals surface area contributed by atoms with Gasteiger partial charge in [0, 0.05) is 25.0 Å². The maximum absolute atomic E-state index is 14.1. The Morgan fingerprint density at radius 1 is 1.37 bits per heavy atom. The lowest BCUT2D eigenvalue weighted by molar-refractivity contribution is 0.00308. The summed E-state index contributed by atoms with van der Waals surface area (Å²) in [5, 5.41) is 23.0. The Morgan fingerprint density at radius 2 is 2.20 bits per heavy atom. The normalized spacial score (nSPS) is 25.4. The number of ether oxygens (including phenoxy) is 1. The molecule has 0 bridgehead atoms. The van der Waals surface area contributed by atoms with E-state index in [4.69, 9.17) is 4.74 Å². The van der Waals surface area contributed by atoms with E-state index in [9.17, 15) is 18.7 Å². The third-order valence-electron chi connectivity index (χ3n) is 5.37. The van der Waals surface area contributed by atoms with Crippen molar-refractivity contribution in [1.82, 2.24) is 25.5 Å². The number of carbonyl (C=O) groups is 1. The van der Waals surface area contributed by atoms with Gasteiger partial charge < -0.3 is 20.5 Å². The molecule has 0 spiro atoms. The smallest absolute Gasteiger partial charge is 0.270 e. The van der Waals surface area contributed by atoms with Gasteiger partial charge in [-0.1, -0.05) is 0 Å². The highest BCUT2D eigenvalue weighted by Gasteiger charge is 2.30. The molecule has 2 aliphatic rings. The molecule has 9 nitrogen and oxygen atoms in total. The number of carbonyl (C=O) groups excluding carboxylic acids is 1. The number of hydrogen-bond acceptors (Lipinski definition) is 7. The molecule has 1 aliphatic carbocycles. The van der Waals surface area contributed by atoms with E-state index in [0.29, 0.717) is 24.2 Å². The van der Waals surface area contributed by atoms with Gasteiger partial charge in [0.2, 0.25) is 0 Å². The van der Waals surface area contributed by atoms with Gasteiger partial charge >= 0.3 is 0 Å². The molecular weight excluding hydrogens is 398 g/mol. The average molecular weight is 420 g/mol. The van der Waals surface area contributed by atoms with Crippen molar-refractivity contribution in [2.24, 2.45) is 5.92 Å². The van der Waals surface area contributed by atoms with E-state index < -0.39 is 41.7 Å². The number of aromatic nitrogens is 4. The molecule has 2 aromatic heterocycles. The standard InChI is InChI=1S/C19H22F2N6O3/c1-9(11-6-10(20)2-3-12(11)21)24-19(29)16-15-17(22-8-23-18(15)27-26-16)25-13-7-30-5-4-14(13)28/h2-3,8-9,11,13-14,28H,4-7H2,1H3,(H,24,29)(H2,22,23,25,26,27)/t9-,11?,13-,14-/m1/s1. The molecule has 4 rings (SSSR count). The van der Waals surface area contributed by atoms with E-state index in [1.54, 1.807) is 6.92 Å². The second kappa shape index (κ2) is 8.44. The molecule has 2 aromatic rings.